The van der Waals surface area contributed by atoms with Gasteiger partial charge in [0.1, 0.15) is 6.04 Å². The van der Waals surface area contributed by atoms with Gasteiger partial charge in [-0.25, -0.2) is 8.42 Å². The number of nitrogens with zero attached hydrogens (tertiary/aromatic N) is 2. The molecule has 31 heavy (non-hydrogen) atoms. The molecule has 1 saturated heterocycles. The number of rotatable bonds is 7. The summed E-state index contributed by atoms with van der Waals surface area (Å²) < 4.78 is 29.5. The summed E-state index contributed by atoms with van der Waals surface area (Å²) in [6.07, 6.45) is 0.316. The van der Waals surface area contributed by atoms with Gasteiger partial charge in [-0.15, -0.1) is 0 Å². The van der Waals surface area contributed by atoms with Crippen molar-refractivity contribution in [2.75, 3.05) is 32.7 Å². The maximum atomic E-state index is 13.4. The Morgan fingerprint density at radius 2 is 1.58 bits per heavy atom. The van der Waals surface area contributed by atoms with Crippen LogP contribution in [-0.4, -0.2) is 62.9 Å². The van der Waals surface area contributed by atoms with Crippen LogP contribution in [0.3, 0.4) is 0 Å². The minimum Gasteiger partial charge on any atom is -0.339 e. The first-order chi connectivity index (χ1) is 14.7. The summed E-state index contributed by atoms with van der Waals surface area (Å²) in [4.78, 5) is 17.8. The molecular formula is C24H33N3O3S. The lowest BCUT2D eigenvalue weighted by molar-refractivity contribution is -0.134. The van der Waals surface area contributed by atoms with Crippen molar-refractivity contribution in [3.63, 3.8) is 0 Å². The minimum absolute atomic E-state index is 0.161. The Balaban J connectivity index is 1.88. The van der Waals surface area contributed by atoms with E-state index in [0.717, 1.165) is 30.8 Å². The summed E-state index contributed by atoms with van der Waals surface area (Å²) in [5, 5.41) is 0. The molecule has 1 N–H and O–H groups in total. The van der Waals surface area contributed by atoms with Crippen LogP contribution in [0.4, 0.5) is 0 Å². The van der Waals surface area contributed by atoms with Gasteiger partial charge < -0.3 is 9.80 Å². The molecule has 1 fully saturated rings. The first kappa shape index (κ1) is 23.4. The van der Waals surface area contributed by atoms with Crippen LogP contribution < -0.4 is 4.72 Å². The van der Waals surface area contributed by atoms with Crippen molar-refractivity contribution in [3.8, 4) is 0 Å². The van der Waals surface area contributed by atoms with Crippen molar-refractivity contribution in [1.82, 2.24) is 14.5 Å². The monoisotopic (exact) mass is 443 g/mol. The van der Waals surface area contributed by atoms with Crippen LogP contribution in [0.25, 0.3) is 0 Å². The standard InChI is InChI=1S/C24H33N3O3S/c1-5-26-11-13-27(14-12-26)24(28)22(17-21-9-7-6-8-10-21)25-31(29,30)23-19(3)15-18(2)16-20(23)4/h6-10,15-16,22,25H,5,11-14,17H2,1-4H3. The highest BCUT2D eigenvalue weighted by molar-refractivity contribution is 7.89. The van der Waals surface area contributed by atoms with Gasteiger partial charge in [-0.2, -0.15) is 4.72 Å². The molecule has 0 aliphatic carbocycles. The molecule has 1 unspecified atom stereocenters. The lowest BCUT2D eigenvalue weighted by atomic mass is 10.1. The summed E-state index contributed by atoms with van der Waals surface area (Å²) in [5.41, 5.74) is 3.31. The fourth-order valence-corrected chi connectivity index (χ4v) is 6.01. The van der Waals surface area contributed by atoms with Crippen LogP contribution in [0.15, 0.2) is 47.4 Å². The van der Waals surface area contributed by atoms with E-state index in [1.54, 1.807) is 18.7 Å². The fourth-order valence-electron chi connectivity index (χ4n) is 4.37. The predicted octanol–water partition coefficient (Wildman–Crippen LogP) is 2.67. The van der Waals surface area contributed by atoms with Gasteiger partial charge in [0, 0.05) is 26.2 Å². The number of carbonyl (C=O) groups excluding carboxylic acids is 1. The Morgan fingerprint density at radius 1 is 1.00 bits per heavy atom. The Kier molecular flexibility index (Phi) is 7.51. The van der Waals surface area contributed by atoms with Crippen LogP contribution in [0.2, 0.25) is 0 Å². The van der Waals surface area contributed by atoms with Crippen LogP contribution in [0, 0.1) is 20.8 Å². The predicted molar refractivity (Wildman–Crippen MR) is 124 cm³/mol. The number of hydrogen-bond donors (Lipinski definition) is 1. The van der Waals surface area contributed by atoms with Crippen LogP contribution in [0.1, 0.15) is 29.2 Å². The third-order valence-electron chi connectivity index (χ3n) is 5.88. The quantitative estimate of drug-likeness (QED) is 0.714. The minimum atomic E-state index is -3.86. The van der Waals surface area contributed by atoms with Crippen LogP contribution in [-0.2, 0) is 21.2 Å². The Hall–Kier alpha value is -2.22. The van der Waals surface area contributed by atoms with Gasteiger partial charge in [-0.1, -0.05) is 55.0 Å². The molecule has 0 spiro atoms. The SMILES string of the molecule is CCN1CCN(C(=O)C(Cc2ccccc2)NS(=O)(=O)c2c(C)cc(C)cc2C)CC1. The number of hydrogen-bond acceptors (Lipinski definition) is 4. The average molecular weight is 444 g/mol. The fraction of sp³-hybridized carbons (Fsp3) is 0.458. The zero-order chi connectivity index (χ0) is 22.6. The number of aryl methyl sites for hydroxylation is 3. The molecule has 0 bridgehead atoms. The second-order valence-corrected chi connectivity index (χ2v) is 10.0. The van der Waals surface area contributed by atoms with Gasteiger partial charge in [-0.3, -0.25) is 4.79 Å². The second kappa shape index (κ2) is 9.94. The molecule has 1 aliphatic rings. The van der Waals surface area contributed by atoms with Crippen molar-refractivity contribution < 1.29 is 13.2 Å². The van der Waals surface area contributed by atoms with E-state index >= 15 is 0 Å². The van der Waals surface area contributed by atoms with E-state index in [1.165, 1.54) is 0 Å². The van der Waals surface area contributed by atoms with E-state index < -0.39 is 16.1 Å². The molecule has 1 amide bonds. The Morgan fingerprint density at radius 3 is 2.13 bits per heavy atom. The lowest BCUT2D eigenvalue weighted by Gasteiger charge is -2.36. The van der Waals surface area contributed by atoms with Gasteiger partial charge >= 0.3 is 0 Å². The van der Waals surface area contributed by atoms with Crippen LogP contribution in [0.5, 0.6) is 0 Å². The number of carbonyl (C=O) groups is 1. The molecule has 2 aromatic rings. The average Bonchev–Trinajstić information content (AvgIpc) is 2.72. The number of piperazine rings is 1. The summed E-state index contributed by atoms with van der Waals surface area (Å²) in [5.74, 6) is -0.161. The number of likely N-dealkylation sites (N-methyl/N-ethyl adjacent to an activating group) is 1. The molecule has 1 heterocycles. The van der Waals surface area contributed by atoms with Crippen molar-refractivity contribution in [1.29, 1.82) is 0 Å². The summed E-state index contributed by atoms with van der Waals surface area (Å²) in [6.45, 7) is 11.4. The van der Waals surface area contributed by atoms with Gasteiger partial charge in [0.15, 0.2) is 0 Å². The molecule has 1 aliphatic heterocycles. The molecule has 0 aromatic heterocycles. The molecule has 1 atom stereocenters. The van der Waals surface area contributed by atoms with Crippen molar-refractivity contribution in [3.05, 3.63) is 64.7 Å². The molecule has 168 valence electrons. The van der Waals surface area contributed by atoms with E-state index in [4.69, 9.17) is 0 Å². The normalized spacial score (nSPS) is 16.3. The number of sulfonamides is 1. The zero-order valence-corrected chi connectivity index (χ0v) is 19.7. The third kappa shape index (κ3) is 5.73. The summed E-state index contributed by atoms with van der Waals surface area (Å²) in [7, 11) is -3.86. The van der Waals surface area contributed by atoms with Gasteiger partial charge in [0.2, 0.25) is 15.9 Å². The summed E-state index contributed by atoms with van der Waals surface area (Å²) in [6, 6.07) is 12.4. The van der Waals surface area contributed by atoms with Gasteiger partial charge in [0.05, 0.1) is 4.90 Å². The first-order valence-electron chi connectivity index (χ1n) is 10.9. The second-order valence-electron chi connectivity index (χ2n) is 8.35. The maximum Gasteiger partial charge on any atom is 0.241 e. The van der Waals surface area contributed by atoms with Crippen molar-refractivity contribution in [2.45, 2.75) is 45.1 Å². The van der Waals surface area contributed by atoms with E-state index in [0.29, 0.717) is 30.6 Å². The summed E-state index contributed by atoms with van der Waals surface area (Å²) >= 11 is 0. The van der Waals surface area contributed by atoms with E-state index in [1.807, 2.05) is 49.4 Å². The van der Waals surface area contributed by atoms with E-state index in [-0.39, 0.29) is 10.8 Å². The maximum absolute atomic E-state index is 13.4. The van der Waals surface area contributed by atoms with Crippen molar-refractivity contribution in [2.24, 2.45) is 0 Å². The van der Waals surface area contributed by atoms with Crippen molar-refractivity contribution >= 4 is 15.9 Å². The molecule has 2 aromatic carbocycles. The highest BCUT2D eigenvalue weighted by atomic mass is 32.2. The largest absolute Gasteiger partial charge is 0.339 e. The van der Waals surface area contributed by atoms with Gasteiger partial charge in [-0.05, 0) is 50.4 Å². The van der Waals surface area contributed by atoms with Crippen LogP contribution >= 0.6 is 0 Å². The number of amides is 1. The lowest BCUT2D eigenvalue weighted by Crippen LogP contribution is -2.55. The molecule has 0 saturated carbocycles. The van der Waals surface area contributed by atoms with E-state index in [9.17, 15) is 13.2 Å². The first-order valence-corrected chi connectivity index (χ1v) is 12.3. The molecular weight excluding hydrogens is 410 g/mol. The highest BCUT2D eigenvalue weighted by Gasteiger charge is 2.32. The Bertz CT molecular complexity index is 991. The molecule has 6 nitrogen and oxygen atoms in total. The Labute approximate surface area is 186 Å². The number of benzene rings is 2. The zero-order valence-electron chi connectivity index (χ0n) is 18.9. The third-order valence-corrected chi connectivity index (χ3v) is 7.66. The topological polar surface area (TPSA) is 69.7 Å². The van der Waals surface area contributed by atoms with E-state index in [2.05, 4.69) is 16.5 Å². The highest BCUT2D eigenvalue weighted by Crippen LogP contribution is 2.22. The molecule has 3 rings (SSSR count). The smallest absolute Gasteiger partial charge is 0.241 e. The molecule has 7 heteroatoms. The number of nitrogens with one attached hydrogen (secondary N) is 1. The van der Waals surface area contributed by atoms with Gasteiger partial charge in [0.25, 0.3) is 0 Å². The molecule has 0 radical (unpaired) electrons.